The minimum Gasteiger partial charge on any atom is -0.341 e. The third-order valence-electron chi connectivity index (χ3n) is 4.70. The van der Waals surface area contributed by atoms with Crippen molar-refractivity contribution in [1.82, 2.24) is 15.1 Å². The Morgan fingerprint density at radius 2 is 2.08 bits per heavy atom. The molecule has 2 fully saturated rings. The maximum atomic E-state index is 12.6. The van der Waals surface area contributed by atoms with Crippen LogP contribution in [-0.2, 0) is 4.79 Å². The number of nitrogens with zero attached hydrogens (tertiary/aromatic N) is 2. The average Bonchev–Trinajstić information content (AvgIpc) is 3.38. The van der Waals surface area contributed by atoms with E-state index in [4.69, 9.17) is 0 Å². The molecule has 1 N–H and O–H groups in total. The normalized spacial score (nSPS) is 20.3. The molecular formula is C20H27N3O2. The summed E-state index contributed by atoms with van der Waals surface area (Å²) < 4.78 is 0. The van der Waals surface area contributed by atoms with Gasteiger partial charge in [-0.05, 0) is 24.8 Å². The first-order valence-corrected chi connectivity index (χ1v) is 9.24. The molecule has 1 heterocycles. The second kappa shape index (κ2) is 8.19. The fourth-order valence-electron chi connectivity index (χ4n) is 3.26. The summed E-state index contributed by atoms with van der Waals surface area (Å²) in [4.78, 5) is 28.3. The zero-order chi connectivity index (χ0) is 17.6. The van der Waals surface area contributed by atoms with E-state index in [2.05, 4.69) is 12.2 Å². The first-order valence-electron chi connectivity index (χ1n) is 9.24. The molecule has 134 valence electrons. The summed E-state index contributed by atoms with van der Waals surface area (Å²) >= 11 is 0. The van der Waals surface area contributed by atoms with Gasteiger partial charge in [-0.1, -0.05) is 49.4 Å². The molecule has 0 unspecified atom stereocenters. The Kier molecular flexibility index (Phi) is 5.74. The van der Waals surface area contributed by atoms with Crippen molar-refractivity contribution in [2.24, 2.45) is 0 Å². The van der Waals surface area contributed by atoms with Gasteiger partial charge in [0.2, 0.25) is 5.91 Å². The van der Waals surface area contributed by atoms with Crippen LogP contribution in [0.25, 0.3) is 6.08 Å². The van der Waals surface area contributed by atoms with Crippen LogP contribution in [0.15, 0.2) is 36.4 Å². The molecule has 1 aromatic rings. The summed E-state index contributed by atoms with van der Waals surface area (Å²) in [6.07, 6.45) is 7.59. The molecule has 1 aliphatic carbocycles. The van der Waals surface area contributed by atoms with E-state index in [0.717, 1.165) is 31.4 Å². The number of carbonyl (C=O) groups is 2. The molecule has 1 saturated carbocycles. The highest BCUT2D eigenvalue weighted by molar-refractivity contribution is 5.82. The maximum Gasteiger partial charge on any atom is 0.318 e. The smallest absolute Gasteiger partial charge is 0.318 e. The topological polar surface area (TPSA) is 52.7 Å². The molecule has 5 heteroatoms. The molecule has 0 bridgehead atoms. The van der Waals surface area contributed by atoms with Gasteiger partial charge in [-0.2, -0.15) is 0 Å². The highest BCUT2D eigenvalue weighted by Gasteiger charge is 2.35. The first-order chi connectivity index (χ1) is 12.2. The van der Waals surface area contributed by atoms with Crippen molar-refractivity contribution < 1.29 is 9.59 Å². The van der Waals surface area contributed by atoms with E-state index in [9.17, 15) is 9.59 Å². The molecule has 5 nitrogen and oxygen atoms in total. The fraction of sp³-hybridized carbons (Fsp3) is 0.500. The molecule has 1 atom stereocenters. The average molecular weight is 341 g/mol. The molecule has 25 heavy (non-hydrogen) atoms. The number of amides is 3. The highest BCUT2D eigenvalue weighted by atomic mass is 16.2. The number of hydrogen-bond acceptors (Lipinski definition) is 2. The molecule has 0 aromatic heterocycles. The third-order valence-corrected chi connectivity index (χ3v) is 4.70. The number of rotatable bonds is 7. The van der Waals surface area contributed by atoms with Crippen LogP contribution in [0, 0.1) is 0 Å². The van der Waals surface area contributed by atoms with Crippen molar-refractivity contribution in [1.29, 1.82) is 0 Å². The van der Waals surface area contributed by atoms with Gasteiger partial charge < -0.3 is 15.1 Å². The van der Waals surface area contributed by atoms with Crippen LogP contribution in [0.5, 0.6) is 0 Å². The molecule has 1 aromatic carbocycles. The molecule has 0 radical (unpaired) electrons. The first kappa shape index (κ1) is 17.5. The third kappa shape index (κ3) is 4.84. The monoisotopic (exact) mass is 341 g/mol. The lowest BCUT2D eigenvalue weighted by molar-refractivity contribution is -0.127. The zero-order valence-corrected chi connectivity index (χ0v) is 14.9. The number of carbonyl (C=O) groups excluding carboxylic acids is 2. The lowest BCUT2D eigenvalue weighted by Gasteiger charge is -2.24. The van der Waals surface area contributed by atoms with Gasteiger partial charge in [0.15, 0.2) is 0 Å². The van der Waals surface area contributed by atoms with Crippen molar-refractivity contribution in [3.63, 3.8) is 0 Å². The van der Waals surface area contributed by atoms with Crippen LogP contribution in [0.3, 0.4) is 0 Å². The van der Waals surface area contributed by atoms with Gasteiger partial charge in [0.1, 0.15) is 0 Å². The SMILES string of the molecule is CCCN1C[C@@H](NC(=O)N(C/C=C/c2ccccc2)C2CC2)CC1=O. The zero-order valence-electron chi connectivity index (χ0n) is 14.9. The Hall–Kier alpha value is -2.30. The van der Waals surface area contributed by atoms with Gasteiger partial charge in [0, 0.05) is 32.1 Å². The highest BCUT2D eigenvalue weighted by Crippen LogP contribution is 2.27. The van der Waals surface area contributed by atoms with Crippen molar-refractivity contribution >= 4 is 18.0 Å². The summed E-state index contributed by atoms with van der Waals surface area (Å²) in [7, 11) is 0. The predicted octanol–water partition coefficient (Wildman–Crippen LogP) is 2.88. The predicted molar refractivity (Wildman–Crippen MR) is 99.0 cm³/mol. The summed E-state index contributed by atoms with van der Waals surface area (Å²) in [5, 5.41) is 3.06. The van der Waals surface area contributed by atoms with Crippen molar-refractivity contribution in [2.45, 2.75) is 44.7 Å². The van der Waals surface area contributed by atoms with E-state index < -0.39 is 0 Å². The van der Waals surface area contributed by atoms with E-state index in [1.54, 1.807) is 0 Å². The van der Waals surface area contributed by atoms with E-state index in [0.29, 0.717) is 25.6 Å². The fourth-order valence-corrected chi connectivity index (χ4v) is 3.26. The Balaban J connectivity index is 1.53. The molecule has 2 aliphatic rings. The molecule has 1 saturated heterocycles. The summed E-state index contributed by atoms with van der Waals surface area (Å²) in [6.45, 7) is 4.08. The van der Waals surface area contributed by atoms with Crippen LogP contribution >= 0.6 is 0 Å². The summed E-state index contributed by atoms with van der Waals surface area (Å²) in [5.74, 6) is 0.147. The van der Waals surface area contributed by atoms with Gasteiger partial charge in [-0.25, -0.2) is 4.79 Å². The summed E-state index contributed by atoms with van der Waals surface area (Å²) in [5.41, 5.74) is 1.13. The van der Waals surface area contributed by atoms with E-state index >= 15 is 0 Å². The van der Waals surface area contributed by atoms with E-state index in [1.807, 2.05) is 52.3 Å². The number of nitrogens with one attached hydrogen (secondary N) is 1. The van der Waals surface area contributed by atoms with Crippen LogP contribution in [0.4, 0.5) is 4.79 Å². The Labute approximate surface area is 149 Å². The Morgan fingerprint density at radius 3 is 2.76 bits per heavy atom. The number of benzene rings is 1. The van der Waals surface area contributed by atoms with Gasteiger partial charge in [0.25, 0.3) is 0 Å². The lowest BCUT2D eigenvalue weighted by Crippen LogP contribution is -2.46. The molecule has 1 aliphatic heterocycles. The largest absolute Gasteiger partial charge is 0.341 e. The van der Waals surface area contributed by atoms with Crippen molar-refractivity contribution in [3.05, 3.63) is 42.0 Å². The van der Waals surface area contributed by atoms with Crippen LogP contribution < -0.4 is 5.32 Å². The lowest BCUT2D eigenvalue weighted by atomic mass is 10.2. The van der Waals surface area contributed by atoms with Gasteiger partial charge in [0.05, 0.1) is 6.04 Å². The minimum atomic E-state index is -0.0640. The van der Waals surface area contributed by atoms with Crippen molar-refractivity contribution in [2.75, 3.05) is 19.6 Å². The number of likely N-dealkylation sites (tertiary alicyclic amines) is 1. The van der Waals surface area contributed by atoms with Gasteiger partial charge >= 0.3 is 6.03 Å². The minimum absolute atomic E-state index is 0.0450. The van der Waals surface area contributed by atoms with E-state index in [1.165, 1.54) is 0 Å². The van der Waals surface area contributed by atoms with Gasteiger partial charge in [-0.3, -0.25) is 4.79 Å². The molecule has 3 rings (SSSR count). The maximum absolute atomic E-state index is 12.6. The Morgan fingerprint density at radius 1 is 1.32 bits per heavy atom. The van der Waals surface area contributed by atoms with E-state index in [-0.39, 0.29) is 18.0 Å². The second-order valence-electron chi connectivity index (χ2n) is 6.89. The standard InChI is InChI=1S/C20H27N3O2/c1-2-12-22-15-17(14-19(22)24)21-20(25)23(18-10-11-18)13-6-9-16-7-4-3-5-8-16/h3-9,17-18H,2,10-15H2,1H3,(H,21,25)/b9-6+/t17-/m0/s1. The second-order valence-corrected chi connectivity index (χ2v) is 6.89. The Bertz CT molecular complexity index is 625. The quantitative estimate of drug-likeness (QED) is 0.829. The number of urea groups is 1. The number of hydrogen-bond donors (Lipinski definition) is 1. The van der Waals surface area contributed by atoms with Gasteiger partial charge in [-0.15, -0.1) is 0 Å². The summed E-state index contributed by atoms with van der Waals surface area (Å²) in [6, 6.07) is 10.3. The van der Waals surface area contributed by atoms with Crippen LogP contribution in [-0.4, -0.2) is 53.5 Å². The molecule has 3 amide bonds. The molecular weight excluding hydrogens is 314 g/mol. The van der Waals surface area contributed by atoms with Crippen molar-refractivity contribution in [3.8, 4) is 0 Å². The van der Waals surface area contributed by atoms with Crippen LogP contribution in [0.2, 0.25) is 0 Å². The van der Waals surface area contributed by atoms with Crippen LogP contribution in [0.1, 0.15) is 38.2 Å². The molecule has 0 spiro atoms.